The smallest absolute Gasteiger partial charge is 0.326 e. The van der Waals surface area contributed by atoms with Gasteiger partial charge in [-0.1, -0.05) is 19.8 Å². The number of unbranched alkanes of at least 4 members (excludes halogenated alkanes) is 1. The van der Waals surface area contributed by atoms with Gasteiger partial charge in [-0.15, -0.1) is 0 Å². The van der Waals surface area contributed by atoms with Crippen molar-refractivity contribution in [2.24, 2.45) is 0 Å². The van der Waals surface area contributed by atoms with Crippen LogP contribution in [-0.4, -0.2) is 65.7 Å². The molecule has 0 aromatic carbocycles. The minimum Gasteiger partial charge on any atom is -0.480 e. The molecule has 0 spiro atoms. The molecule has 0 radical (unpaired) electrons. The minimum absolute atomic E-state index is 0.261. The molecule has 0 aliphatic carbocycles. The van der Waals surface area contributed by atoms with Gasteiger partial charge in [0.2, 0.25) is 0 Å². The van der Waals surface area contributed by atoms with Gasteiger partial charge in [0.05, 0.1) is 0 Å². The third-order valence-electron chi connectivity index (χ3n) is 3.69. The summed E-state index contributed by atoms with van der Waals surface area (Å²) in [5.74, 6) is -0.955. The van der Waals surface area contributed by atoms with Gasteiger partial charge in [0.15, 0.2) is 0 Å². The Labute approximate surface area is 114 Å². The van der Waals surface area contributed by atoms with E-state index in [1.165, 1.54) is 0 Å². The fourth-order valence-electron chi connectivity index (χ4n) is 2.14. The van der Waals surface area contributed by atoms with Gasteiger partial charge in [0.25, 0.3) is 0 Å². The molecule has 0 aromatic heterocycles. The maximum Gasteiger partial charge on any atom is 0.326 e. The lowest BCUT2D eigenvalue weighted by molar-refractivity contribution is -0.139. The fraction of sp³-hybridized carbons (Fsp3) is 0.846. The maximum atomic E-state index is 12.1. The normalized spacial score (nSPS) is 22.1. The van der Waals surface area contributed by atoms with Crippen molar-refractivity contribution in [3.8, 4) is 0 Å². The van der Waals surface area contributed by atoms with Crippen LogP contribution in [0.25, 0.3) is 0 Å². The molecule has 1 saturated heterocycles. The summed E-state index contributed by atoms with van der Waals surface area (Å²) in [5.41, 5.74) is 0. The molecule has 2 N–H and O–H groups in total. The van der Waals surface area contributed by atoms with E-state index in [1.807, 2.05) is 14.0 Å². The van der Waals surface area contributed by atoms with E-state index < -0.39 is 12.0 Å². The van der Waals surface area contributed by atoms with Crippen molar-refractivity contribution in [1.29, 1.82) is 0 Å². The molecule has 1 rings (SSSR count). The summed E-state index contributed by atoms with van der Waals surface area (Å²) in [4.78, 5) is 27.1. The van der Waals surface area contributed by atoms with Gasteiger partial charge in [0, 0.05) is 25.7 Å². The van der Waals surface area contributed by atoms with Gasteiger partial charge in [-0.3, -0.25) is 0 Å². The Morgan fingerprint density at radius 3 is 2.63 bits per heavy atom. The van der Waals surface area contributed by atoms with Crippen molar-refractivity contribution >= 4 is 12.0 Å². The zero-order chi connectivity index (χ0) is 14.4. The number of carboxylic acids is 1. The molecule has 2 unspecified atom stereocenters. The molecule has 6 nitrogen and oxygen atoms in total. The standard InChI is InChI=1S/C13H25N3O3/c1-4-5-6-11(12(17)18)14-13(19)16-8-7-15(3)10(2)9-16/h10-11H,4-9H2,1-3H3,(H,14,19)(H,17,18). The largest absolute Gasteiger partial charge is 0.480 e. The van der Waals surface area contributed by atoms with Gasteiger partial charge < -0.3 is 20.2 Å². The van der Waals surface area contributed by atoms with E-state index in [0.717, 1.165) is 19.4 Å². The van der Waals surface area contributed by atoms with Crippen molar-refractivity contribution in [2.45, 2.75) is 45.2 Å². The zero-order valence-corrected chi connectivity index (χ0v) is 12.1. The lowest BCUT2D eigenvalue weighted by Crippen LogP contribution is -2.56. The van der Waals surface area contributed by atoms with Crippen molar-refractivity contribution < 1.29 is 14.7 Å². The number of hydrogen-bond acceptors (Lipinski definition) is 3. The fourth-order valence-corrected chi connectivity index (χ4v) is 2.14. The Bertz CT molecular complexity index is 322. The van der Waals surface area contributed by atoms with E-state index in [0.29, 0.717) is 25.6 Å². The average Bonchev–Trinajstić information content (AvgIpc) is 2.37. The Kier molecular flexibility index (Phi) is 6.08. The van der Waals surface area contributed by atoms with Crippen LogP contribution in [0.15, 0.2) is 0 Å². The van der Waals surface area contributed by atoms with Crippen LogP contribution >= 0.6 is 0 Å². The van der Waals surface area contributed by atoms with E-state index in [2.05, 4.69) is 17.1 Å². The van der Waals surface area contributed by atoms with Crippen LogP contribution in [0, 0.1) is 0 Å². The summed E-state index contributed by atoms with van der Waals surface area (Å²) >= 11 is 0. The predicted molar refractivity (Wildman–Crippen MR) is 73.1 cm³/mol. The highest BCUT2D eigenvalue weighted by Crippen LogP contribution is 2.08. The molecular weight excluding hydrogens is 246 g/mol. The number of likely N-dealkylation sites (N-methyl/N-ethyl adjacent to an activating group) is 1. The quantitative estimate of drug-likeness (QED) is 0.781. The number of hydrogen-bond donors (Lipinski definition) is 2. The number of carbonyl (C=O) groups excluding carboxylic acids is 1. The first-order valence-corrected chi connectivity index (χ1v) is 6.94. The molecule has 6 heteroatoms. The number of nitrogens with zero attached hydrogens (tertiary/aromatic N) is 2. The number of piperazine rings is 1. The van der Waals surface area contributed by atoms with Crippen molar-refractivity contribution in [1.82, 2.24) is 15.1 Å². The molecular formula is C13H25N3O3. The molecule has 110 valence electrons. The first kappa shape index (κ1) is 15.8. The second kappa shape index (κ2) is 7.33. The van der Waals surface area contributed by atoms with Gasteiger partial charge >= 0.3 is 12.0 Å². The molecule has 1 heterocycles. The summed E-state index contributed by atoms with van der Waals surface area (Å²) in [6, 6.07) is -0.732. The molecule has 0 bridgehead atoms. The molecule has 2 amide bonds. The van der Waals surface area contributed by atoms with E-state index >= 15 is 0 Å². The van der Waals surface area contributed by atoms with Gasteiger partial charge in [-0.25, -0.2) is 9.59 Å². The maximum absolute atomic E-state index is 12.1. The first-order chi connectivity index (χ1) is 8.95. The number of carboxylic acid groups (broad SMARTS) is 1. The monoisotopic (exact) mass is 271 g/mol. The lowest BCUT2D eigenvalue weighted by Gasteiger charge is -2.38. The molecule has 0 saturated carbocycles. The second-order valence-electron chi connectivity index (χ2n) is 5.26. The second-order valence-corrected chi connectivity index (χ2v) is 5.26. The SMILES string of the molecule is CCCCC(NC(=O)N1CCN(C)C(C)C1)C(=O)O. The van der Waals surface area contributed by atoms with E-state index in [-0.39, 0.29) is 6.03 Å². The predicted octanol–water partition coefficient (Wildman–Crippen LogP) is 0.975. The number of rotatable bonds is 5. The average molecular weight is 271 g/mol. The number of nitrogens with one attached hydrogen (secondary N) is 1. The molecule has 2 atom stereocenters. The number of amides is 2. The summed E-state index contributed by atoms with van der Waals surface area (Å²) in [5, 5.41) is 11.7. The summed E-state index contributed by atoms with van der Waals surface area (Å²) in [7, 11) is 2.03. The van der Waals surface area contributed by atoms with Crippen LogP contribution in [0.1, 0.15) is 33.1 Å². The summed E-state index contributed by atoms with van der Waals surface area (Å²) in [6.07, 6.45) is 2.21. The molecule has 0 aromatic rings. The lowest BCUT2D eigenvalue weighted by atomic mass is 10.1. The van der Waals surface area contributed by atoms with Crippen LogP contribution in [0.4, 0.5) is 4.79 Å². The minimum atomic E-state index is -0.955. The molecule has 19 heavy (non-hydrogen) atoms. The summed E-state index contributed by atoms with van der Waals surface area (Å²) < 4.78 is 0. The van der Waals surface area contributed by atoms with Crippen LogP contribution in [0.3, 0.4) is 0 Å². The molecule has 1 aliphatic heterocycles. The van der Waals surface area contributed by atoms with Gasteiger partial charge in [-0.2, -0.15) is 0 Å². The van der Waals surface area contributed by atoms with E-state index in [4.69, 9.17) is 5.11 Å². The van der Waals surface area contributed by atoms with Crippen LogP contribution < -0.4 is 5.32 Å². The Morgan fingerprint density at radius 1 is 1.42 bits per heavy atom. The number of aliphatic carboxylic acids is 1. The highest BCUT2D eigenvalue weighted by molar-refractivity contribution is 5.82. The number of urea groups is 1. The van der Waals surface area contributed by atoms with Crippen molar-refractivity contribution in [2.75, 3.05) is 26.7 Å². The van der Waals surface area contributed by atoms with Crippen LogP contribution in [0.5, 0.6) is 0 Å². The Morgan fingerprint density at radius 2 is 2.11 bits per heavy atom. The topological polar surface area (TPSA) is 72.9 Å². The van der Waals surface area contributed by atoms with Gasteiger partial charge in [0.1, 0.15) is 6.04 Å². The van der Waals surface area contributed by atoms with Crippen molar-refractivity contribution in [3.05, 3.63) is 0 Å². The van der Waals surface area contributed by atoms with Crippen LogP contribution in [-0.2, 0) is 4.79 Å². The molecule has 1 aliphatic rings. The number of carbonyl (C=O) groups is 2. The highest BCUT2D eigenvalue weighted by Gasteiger charge is 2.27. The molecule has 1 fully saturated rings. The van der Waals surface area contributed by atoms with Crippen molar-refractivity contribution in [3.63, 3.8) is 0 Å². The van der Waals surface area contributed by atoms with Crippen LogP contribution in [0.2, 0.25) is 0 Å². The Hall–Kier alpha value is -1.30. The van der Waals surface area contributed by atoms with E-state index in [9.17, 15) is 9.59 Å². The van der Waals surface area contributed by atoms with E-state index in [1.54, 1.807) is 4.90 Å². The Balaban J connectivity index is 2.50. The highest BCUT2D eigenvalue weighted by atomic mass is 16.4. The first-order valence-electron chi connectivity index (χ1n) is 6.94. The van der Waals surface area contributed by atoms with Gasteiger partial charge in [-0.05, 0) is 20.4 Å². The summed E-state index contributed by atoms with van der Waals surface area (Å²) in [6.45, 7) is 6.17. The zero-order valence-electron chi connectivity index (χ0n) is 12.1. The third kappa shape index (κ3) is 4.70. The third-order valence-corrected chi connectivity index (χ3v) is 3.69.